The van der Waals surface area contributed by atoms with E-state index in [-0.39, 0.29) is 12.8 Å². The van der Waals surface area contributed by atoms with Gasteiger partial charge in [-0.25, -0.2) is 0 Å². The lowest BCUT2D eigenvalue weighted by molar-refractivity contribution is -0.143. The van der Waals surface area contributed by atoms with Crippen LogP contribution in [0.5, 0.6) is 11.5 Å². The molecule has 0 aliphatic rings. The van der Waals surface area contributed by atoms with Crippen LogP contribution >= 0.6 is 22.9 Å². The highest BCUT2D eigenvalue weighted by Crippen LogP contribution is 2.44. The summed E-state index contributed by atoms with van der Waals surface area (Å²) in [5.74, 6) is 1.21. The zero-order chi connectivity index (χ0) is 22.2. The van der Waals surface area contributed by atoms with Crippen molar-refractivity contribution in [1.29, 1.82) is 0 Å². The Morgan fingerprint density at radius 1 is 1.06 bits per heavy atom. The molecule has 3 aromatic rings. The van der Waals surface area contributed by atoms with Crippen LogP contribution in [0.25, 0.3) is 22.3 Å². The molecule has 0 fully saturated rings. The van der Waals surface area contributed by atoms with E-state index < -0.39 is 0 Å². The zero-order valence-electron chi connectivity index (χ0n) is 17.8. The SMILES string of the molecule is CCOC(=O)CCc1scc(-c2ccc(OCOC)cc2)c1-c1ccc(Cl)cc1OC. The van der Waals surface area contributed by atoms with E-state index in [0.29, 0.717) is 30.2 Å². The van der Waals surface area contributed by atoms with Crippen molar-refractivity contribution in [1.82, 2.24) is 0 Å². The first kappa shape index (κ1) is 23.1. The summed E-state index contributed by atoms with van der Waals surface area (Å²) < 4.78 is 21.2. The van der Waals surface area contributed by atoms with Crippen molar-refractivity contribution in [2.24, 2.45) is 0 Å². The van der Waals surface area contributed by atoms with Crippen LogP contribution in [0.4, 0.5) is 0 Å². The molecule has 7 heteroatoms. The number of halogens is 1. The lowest BCUT2D eigenvalue weighted by atomic mass is 9.95. The van der Waals surface area contributed by atoms with E-state index in [1.54, 1.807) is 31.6 Å². The van der Waals surface area contributed by atoms with Crippen molar-refractivity contribution in [3.05, 3.63) is 57.7 Å². The molecule has 0 spiro atoms. The van der Waals surface area contributed by atoms with Gasteiger partial charge in [0.15, 0.2) is 6.79 Å². The van der Waals surface area contributed by atoms with Crippen LogP contribution in [0.3, 0.4) is 0 Å². The minimum Gasteiger partial charge on any atom is -0.496 e. The molecular formula is C24H25ClO5S. The predicted molar refractivity (Wildman–Crippen MR) is 124 cm³/mol. The fourth-order valence-electron chi connectivity index (χ4n) is 3.27. The number of carbonyl (C=O) groups is 1. The molecule has 0 saturated heterocycles. The molecule has 0 amide bonds. The van der Waals surface area contributed by atoms with Gasteiger partial charge in [0.1, 0.15) is 11.5 Å². The molecule has 31 heavy (non-hydrogen) atoms. The van der Waals surface area contributed by atoms with Gasteiger partial charge in [-0.05, 0) is 54.6 Å². The zero-order valence-corrected chi connectivity index (χ0v) is 19.3. The molecule has 0 aliphatic carbocycles. The van der Waals surface area contributed by atoms with Crippen molar-refractivity contribution in [3.8, 4) is 33.8 Å². The lowest BCUT2D eigenvalue weighted by Crippen LogP contribution is -2.05. The van der Waals surface area contributed by atoms with E-state index in [1.165, 1.54) is 0 Å². The maximum absolute atomic E-state index is 11.9. The molecule has 2 aromatic carbocycles. The van der Waals surface area contributed by atoms with Crippen LogP contribution in [-0.2, 0) is 20.7 Å². The molecule has 0 radical (unpaired) electrons. The highest BCUT2D eigenvalue weighted by Gasteiger charge is 2.20. The number of methoxy groups -OCH3 is 2. The van der Waals surface area contributed by atoms with Crippen LogP contribution in [-0.4, -0.2) is 33.6 Å². The van der Waals surface area contributed by atoms with Crippen LogP contribution in [0.2, 0.25) is 5.02 Å². The topological polar surface area (TPSA) is 54.0 Å². The first-order chi connectivity index (χ1) is 15.1. The Hall–Kier alpha value is -2.54. The number of carbonyl (C=O) groups excluding carboxylic acids is 1. The summed E-state index contributed by atoms with van der Waals surface area (Å²) in [4.78, 5) is 13.0. The molecule has 5 nitrogen and oxygen atoms in total. The normalized spacial score (nSPS) is 10.7. The number of hydrogen-bond acceptors (Lipinski definition) is 6. The Morgan fingerprint density at radius 3 is 2.52 bits per heavy atom. The number of rotatable bonds is 10. The molecule has 0 saturated carbocycles. The maximum atomic E-state index is 11.9. The van der Waals surface area contributed by atoms with E-state index in [4.69, 9.17) is 30.5 Å². The number of thiophene rings is 1. The fourth-order valence-corrected chi connectivity index (χ4v) is 4.50. The highest BCUT2D eigenvalue weighted by atomic mass is 35.5. The van der Waals surface area contributed by atoms with Crippen molar-refractivity contribution >= 4 is 28.9 Å². The Balaban J connectivity index is 2.02. The third kappa shape index (κ3) is 5.79. The molecule has 1 heterocycles. The monoisotopic (exact) mass is 460 g/mol. The van der Waals surface area contributed by atoms with E-state index in [1.807, 2.05) is 43.3 Å². The Morgan fingerprint density at radius 2 is 1.84 bits per heavy atom. The fraction of sp³-hybridized carbons (Fsp3) is 0.292. The second-order valence-corrected chi connectivity index (χ2v) is 8.07. The number of hydrogen-bond donors (Lipinski definition) is 0. The van der Waals surface area contributed by atoms with Gasteiger partial charge in [-0.1, -0.05) is 23.7 Å². The number of esters is 1. The van der Waals surface area contributed by atoms with Gasteiger partial charge in [0.05, 0.1) is 20.1 Å². The van der Waals surface area contributed by atoms with Gasteiger partial charge >= 0.3 is 5.97 Å². The van der Waals surface area contributed by atoms with Crippen LogP contribution in [0, 0.1) is 0 Å². The van der Waals surface area contributed by atoms with Gasteiger partial charge in [-0.2, -0.15) is 0 Å². The number of aryl methyl sites for hydroxylation is 1. The maximum Gasteiger partial charge on any atom is 0.306 e. The summed E-state index contributed by atoms with van der Waals surface area (Å²) in [6, 6.07) is 13.4. The largest absolute Gasteiger partial charge is 0.496 e. The van der Waals surface area contributed by atoms with Gasteiger partial charge in [-0.15, -0.1) is 11.3 Å². The molecule has 1 aromatic heterocycles. The predicted octanol–water partition coefficient (Wildman–Crippen LogP) is 6.22. The van der Waals surface area contributed by atoms with Crippen LogP contribution in [0.15, 0.2) is 47.8 Å². The van der Waals surface area contributed by atoms with Crippen molar-refractivity contribution < 1.29 is 23.7 Å². The Labute approximate surface area is 191 Å². The molecule has 0 unspecified atom stereocenters. The second kappa shape index (κ2) is 11.2. The van der Waals surface area contributed by atoms with Crippen molar-refractivity contribution in [3.63, 3.8) is 0 Å². The van der Waals surface area contributed by atoms with E-state index >= 15 is 0 Å². The molecule has 0 bridgehead atoms. The van der Waals surface area contributed by atoms with Gasteiger partial charge in [0, 0.05) is 33.7 Å². The van der Waals surface area contributed by atoms with Gasteiger partial charge in [-0.3, -0.25) is 4.79 Å². The van der Waals surface area contributed by atoms with Crippen molar-refractivity contribution in [2.45, 2.75) is 19.8 Å². The summed E-state index contributed by atoms with van der Waals surface area (Å²) in [6.45, 7) is 2.39. The average Bonchev–Trinajstić information content (AvgIpc) is 3.20. The van der Waals surface area contributed by atoms with E-state index in [0.717, 1.165) is 32.9 Å². The summed E-state index contributed by atoms with van der Waals surface area (Å²) in [5, 5.41) is 2.71. The standard InChI is InChI=1S/C24H25ClO5S/c1-4-29-23(26)12-11-22-24(19-10-7-17(25)13-21(19)28-3)20(14-31-22)16-5-8-18(9-6-16)30-15-27-2/h5-10,13-14H,4,11-12,15H2,1-3H3. The second-order valence-electron chi connectivity index (χ2n) is 6.67. The third-order valence-corrected chi connectivity index (χ3v) is 5.95. The summed E-state index contributed by atoms with van der Waals surface area (Å²) >= 11 is 7.81. The Bertz CT molecular complexity index is 1010. The van der Waals surface area contributed by atoms with E-state index in [2.05, 4.69) is 5.38 Å². The molecule has 0 N–H and O–H groups in total. The molecule has 0 atom stereocenters. The smallest absolute Gasteiger partial charge is 0.306 e. The van der Waals surface area contributed by atoms with Crippen LogP contribution in [0.1, 0.15) is 18.2 Å². The summed E-state index contributed by atoms with van der Waals surface area (Å²) in [7, 11) is 3.21. The summed E-state index contributed by atoms with van der Waals surface area (Å²) in [6.07, 6.45) is 0.903. The molecular weight excluding hydrogens is 436 g/mol. The molecule has 3 rings (SSSR count). The summed E-state index contributed by atoms with van der Waals surface area (Å²) in [5.41, 5.74) is 4.06. The third-order valence-electron chi connectivity index (χ3n) is 4.67. The minimum atomic E-state index is -0.203. The number of ether oxygens (including phenoxy) is 4. The lowest BCUT2D eigenvalue weighted by Gasteiger charge is -2.13. The van der Waals surface area contributed by atoms with E-state index in [9.17, 15) is 4.79 Å². The van der Waals surface area contributed by atoms with Crippen molar-refractivity contribution in [2.75, 3.05) is 27.6 Å². The Kier molecular flexibility index (Phi) is 8.35. The molecule has 164 valence electrons. The number of benzene rings is 2. The average molecular weight is 461 g/mol. The quantitative estimate of drug-likeness (QED) is 0.265. The minimum absolute atomic E-state index is 0.197. The first-order valence-corrected chi connectivity index (χ1v) is 11.1. The molecule has 0 aliphatic heterocycles. The first-order valence-electron chi connectivity index (χ1n) is 9.89. The van der Waals surface area contributed by atoms with Crippen LogP contribution < -0.4 is 9.47 Å². The van der Waals surface area contributed by atoms with Gasteiger partial charge in [0.25, 0.3) is 0 Å². The van der Waals surface area contributed by atoms with Gasteiger partial charge in [0.2, 0.25) is 0 Å². The van der Waals surface area contributed by atoms with Gasteiger partial charge < -0.3 is 18.9 Å². The highest BCUT2D eigenvalue weighted by molar-refractivity contribution is 7.11.